The largest absolute Gasteiger partial charge is 0.455 e. The molecule has 0 atom stereocenters. The predicted molar refractivity (Wildman–Crippen MR) is 102 cm³/mol. The van der Waals surface area contributed by atoms with E-state index in [0.717, 1.165) is 29.5 Å². The summed E-state index contributed by atoms with van der Waals surface area (Å²) in [5.41, 5.74) is 2.73. The fourth-order valence-corrected chi connectivity index (χ4v) is 3.77. The van der Waals surface area contributed by atoms with Gasteiger partial charge in [0.05, 0.1) is 5.41 Å². The van der Waals surface area contributed by atoms with Gasteiger partial charge in [-0.05, 0) is 56.0 Å². The van der Waals surface area contributed by atoms with Crippen LogP contribution in [-0.2, 0) is 19.7 Å². The molecule has 0 aromatic heterocycles. The molecule has 142 valence electrons. The van der Waals surface area contributed by atoms with Crippen molar-refractivity contribution in [2.45, 2.75) is 44.9 Å². The number of rotatable bonds is 5. The summed E-state index contributed by atoms with van der Waals surface area (Å²) in [7, 11) is 0. The van der Waals surface area contributed by atoms with E-state index in [0.29, 0.717) is 18.5 Å². The van der Waals surface area contributed by atoms with E-state index in [-0.39, 0.29) is 18.3 Å². The Morgan fingerprint density at radius 2 is 1.74 bits per heavy atom. The molecule has 1 saturated carbocycles. The Bertz CT molecular complexity index is 839. The molecule has 2 aromatic rings. The molecule has 0 spiro atoms. The van der Waals surface area contributed by atoms with E-state index >= 15 is 0 Å². The first kappa shape index (κ1) is 19.1. The van der Waals surface area contributed by atoms with Crippen molar-refractivity contribution in [1.29, 1.82) is 0 Å². The van der Waals surface area contributed by atoms with Crippen LogP contribution in [0.25, 0.3) is 0 Å². The maximum atomic E-state index is 13.2. The lowest BCUT2D eigenvalue weighted by Crippen LogP contribution is -2.36. The van der Waals surface area contributed by atoms with E-state index in [4.69, 9.17) is 4.74 Å². The second-order valence-corrected chi connectivity index (χ2v) is 7.24. The summed E-state index contributed by atoms with van der Waals surface area (Å²) in [4.78, 5) is 25.0. The first-order valence-corrected chi connectivity index (χ1v) is 9.21. The Morgan fingerprint density at radius 1 is 1.07 bits per heavy atom. The van der Waals surface area contributed by atoms with Crippen molar-refractivity contribution in [1.82, 2.24) is 0 Å². The Kier molecular flexibility index (Phi) is 5.59. The second kappa shape index (κ2) is 7.91. The van der Waals surface area contributed by atoms with Gasteiger partial charge in [0.25, 0.3) is 5.91 Å². The number of nitrogens with one attached hydrogen (secondary N) is 1. The molecule has 1 amide bonds. The number of ether oxygens (including phenoxy) is 1. The topological polar surface area (TPSA) is 55.4 Å². The molecular formula is C22H24FNO3. The third-order valence-electron chi connectivity index (χ3n) is 5.24. The van der Waals surface area contributed by atoms with Crippen LogP contribution < -0.4 is 5.32 Å². The lowest BCUT2D eigenvalue weighted by atomic mass is 9.79. The minimum atomic E-state index is -0.784. The minimum absolute atomic E-state index is 0.338. The summed E-state index contributed by atoms with van der Waals surface area (Å²) in [6, 6.07) is 11.7. The molecular weight excluding hydrogens is 345 g/mol. The predicted octanol–water partition coefficient (Wildman–Crippen LogP) is 4.44. The summed E-state index contributed by atoms with van der Waals surface area (Å²) >= 11 is 0. The zero-order valence-corrected chi connectivity index (χ0v) is 15.7. The van der Waals surface area contributed by atoms with E-state index in [1.165, 1.54) is 12.1 Å². The van der Waals surface area contributed by atoms with Gasteiger partial charge in [0.1, 0.15) is 5.82 Å². The molecule has 1 aliphatic rings. The van der Waals surface area contributed by atoms with E-state index in [9.17, 15) is 14.0 Å². The number of anilines is 1. The summed E-state index contributed by atoms with van der Waals surface area (Å²) in [5, 5.41) is 2.78. The minimum Gasteiger partial charge on any atom is -0.455 e. The quantitative estimate of drug-likeness (QED) is 0.793. The van der Waals surface area contributed by atoms with Crippen molar-refractivity contribution in [2.75, 3.05) is 11.9 Å². The normalized spacial score (nSPS) is 15.4. The maximum Gasteiger partial charge on any atom is 0.317 e. The van der Waals surface area contributed by atoms with Gasteiger partial charge in [0.2, 0.25) is 0 Å². The Labute approximate surface area is 158 Å². The molecule has 1 aliphatic carbocycles. The van der Waals surface area contributed by atoms with Crippen molar-refractivity contribution < 1.29 is 18.7 Å². The number of aryl methyl sites for hydroxylation is 2. The average molecular weight is 369 g/mol. The first-order chi connectivity index (χ1) is 12.9. The molecule has 0 unspecified atom stereocenters. The summed E-state index contributed by atoms with van der Waals surface area (Å²) in [6.45, 7) is 3.56. The molecule has 3 rings (SSSR count). The van der Waals surface area contributed by atoms with E-state index in [1.807, 2.05) is 32.0 Å². The molecule has 2 aromatic carbocycles. The molecule has 0 heterocycles. The van der Waals surface area contributed by atoms with Crippen LogP contribution in [0.15, 0.2) is 42.5 Å². The van der Waals surface area contributed by atoms with Gasteiger partial charge in [0.15, 0.2) is 6.61 Å². The monoisotopic (exact) mass is 369 g/mol. The summed E-state index contributed by atoms with van der Waals surface area (Å²) < 4.78 is 18.6. The van der Waals surface area contributed by atoms with Gasteiger partial charge in [-0.1, -0.05) is 42.7 Å². The highest BCUT2D eigenvalue weighted by Crippen LogP contribution is 2.42. The molecule has 0 aliphatic heterocycles. The molecule has 1 N–H and O–H groups in total. The van der Waals surface area contributed by atoms with Crippen molar-refractivity contribution in [3.8, 4) is 0 Å². The number of hydrogen-bond acceptors (Lipinski definition) is 3. The molecule has 1 fully saturated rings. The number of esters is 1. The number of halogens is 1. The molecule has 27 heavy (non-hydrogen) atoms. The number of benzene rings is 2. The van der Waals surface area contributed by atoms with Gasteiger partial charge in [0, 0.05) is 5.69 Å². The Morgan fingerprint density at radius 3 is 2.37 bits per heavy atom. The van der Waals surface area contributed by atoms with Crippen molar-refractivity contribution in [3.05, 3.63) is 65.0 Å². The second-order valence-electron chi connectivity index (χ2n) is 7.24. The Balaban J connectivity index is 1.66. The van der Waals surface area contributed by atoms with Crippen molar-refractivity contribution in [3.63, 3.8) is 0 Å². The van der Waals surface area contributed by atoms with Gasteiger partial charge >= 0.3 is 5.97 Å². The standard InChI is InChI=1S/C22H24FNO3/c1-15-5-10-19(16(2)13-15)24-20(25)14-27-21(26)22(11-3-4-12-22)17-6-8-18(23)9-7-17/h5-10,13H,3-4,11-12,14H2,1-2H3,(H,24,25). The van der Waals surface area contributed by atoms with Crippen LogP contribution in [0.3, 0.4) is 0 Å². The zero-order chi connectivity index (χ0) is 19.4. The smallest absolute Gasteiger partial charge is 0.317 e. The van der Waals surface area contributed by atoms with E-state index in [2.05, 4.69) is 5.32 Å². The van der Waals surface area contributed by atoms with Gasteiger partial charge in [-0.2, -0.15) is 0 Å². The first-order valence-electron chi connectivity index (χ1n) is 9.21. The van der Waals surface area contributed by atoms with Crippen LogP contribution in [-0.4, -0.2) is 18.5 Å². The molecule has 4 nitrogen and oxygen atoms in total. The van der Waals surface area contributed by atoms with Crippen LogP contribution in [0.1, 0.15) is 42.4 Å². The third kappa shape index (κ3) is 4.18. The summed E-state index contributed by atoms with van der Waals surface area (Å²) in [6.07, 6.45) is 3.11. The zero-order valence-electron chi connectivity index (χ0n) is 15.7. The van der Waals surface area contributed by atoms with E-state index in [1.54, 1.807) is 12.1 Å². The maximum absolute atomic E-state index is 13.2. The fourth-order valence-electron chi connectivity index (χ4n) is 3.77. The van der Waals surface area contributed by atoms with Gasteiger partial charge < -0.3 is 10.1 Å². The highest BCUT2D eigenvalue weighted by molar-refractivity contribution is 5.94. The molecule has 5 heteroatoms. The van der Waals surface area contributed by atoms with Gasteiger partial charge in [-0.25, -0.2) is 4.39 Å². The number of hydrogen-bond donors (Lipinski definition) is 1. The molecule has 0 saturated heterocycles. The fraction of sp³-hybridized carbons (Fsp3) is 0.364. The SMILES string of the molecule is Cc1ccc(NC(=O)COC(=O)C2(c3ccc(F)cc3)CCCC2)c(C)c1. The van der Waals surface area contributed by atoms with Crippen LogP contribution in [0.5, 0.6) is 0 Å². The lowest BCUT2D eigenvalue weighted by Gasteiger charge is -2.27. The third-order valence-corrected chi connectivity index (χ3v) is 5.24. The highest BCUT2D eigenvalue weighted by atomic mass is 19.1. The van der Waals surface area contributed by atoms with E-state index < -0.39 is 11.4 Å². The lowest BCUT2D eigenvalue weighted by molar-refractivity contribution is -0.153. The van der Waals surface area contributed by atoms with Gasteiger partial charge in [-0.15, -0.1) is 0 Å². The van der Waals surface area contributed by atoms with Gasteiger partial charge in [-0.3, -0.25) is 9.59 Å². The molecule has 0 radical (unpaired) electrons. The summed E-state index contributed by atoms with van der Waals surface area (Å²) in [5.74, 6) is -1.13. The van der Waals surface area contributed by atoms with Crippen LogP contribution in [0, 0.1) is 19.7 Å². The molecule has 0 bridgehead atoms. The van der Waals surface area contributed by atoms with Crippen molar-refractivity contribution in [2.24, 2.45) is 0 Å². The van der Waals surface area contributed by atoms with Crippen molar-refractivity contribution >= 4 is 17.6 Å². The van der Waals surface area contributed by atoms with Crippen LogP contribution in [0.2, 0.25) is 0 Å². The number of carbonyl (C=O) groups is 2. The number of carbonyl (C=O) groups excluding carboxylic acids is 2. The Hall–Kier alpha value is -2.69. The average Bonchev–Trinajstić information content (AvgIpc) is 3.14. The highest BCUT2D eigenvalue weighted by Gasteiger charge is 2.44. The van der Waals surface area contributed by atoms with Crippen LogP contribution >= 0.6 is 0 Å². The van der Waals surface area contributed by atoms with Crippen LogP contribution in [0.4, 0.5) is 10.1 Å². The number of amides is 1.